The topological polar surface area (TPSA) is 93.0 Å². The number of rotatable bonds is 7. The summed E-state index contributed by atoms with van der Waals surface area (Å²) in [7, 11) is -3.72. The minimum absolute atomic E-state index is 0.0208. The van der Waals surface area contributed by atoms with E-state index in [2.05, 4.69) is 4.98 Å². The van der Waals surface area contributed by atoms with Crippen molar-refractivity contribution in [1.29, 1.82) is 0 Å². The third-order valence-electron chi connectivity index (χ3n) is 5.53. The first-order valence-electron chi connectivity index (χ1n) is 10.4. The number of ether oxygens (including phenoxy) is 1. The van der Waals surface area contributed by atoms with Crippen molar-refractivity contribution >= 4 is 15.9 Å². The number of furan rings is 1. The molecule has 0 aromatic carbocycles. The van der Waals surface area contributed by atoms with Crippen molar-refractivity contribution in [2.45, 2.75) is 49.8 Å². The molecule has 8 nitrogen and oxygen atoms in total. The van der Waals surface area contributed by atoms with Gasteiger partial charge in [0.25, 0.3) is 15.9 Å². The van der Waals surface area contributed by atoms with Crippen LogP contribution in [0.3, 0.4) is 0 Å². The van der Waals surface area contributed by atoms with Gasteiger partial charge in [0, 0.05) is 45.2 Å². The van der Waals surface area contributed by atoms with Crippen molar-refractivity contribution in [2.75, 3.05) is 26.2 Å². The van der Waals surface area contributed by atoms with E-state index in [0.29, 0.717) is 32.8 Å². The lowest BCUT2D eigenvalue weighted by Crippen LogP contribution is -2.37. The van der Waals surface area contributed by atoms with E-state index in [9.17, 15) is 13.2 Å². The molecule has 1 amide bonds. The second kappa shape index (κ2) is 9.28. The maximum atomic E-state index is 13.2. The molecule has 9 heteroatoms. The van der Waals surface area contributed by atoms with Crippen LogP contribution in [0.5, 0.6) is 0 Å². The zero-order valence-electron chi connectivity index (χ0n) is 16.9. The van der Waals surface area contributed by atoms with Crippen LogP contribution in [-0.4, -0.2) is 60.9 Å². The average Bonchev–Trinajstić information content (AvgIpc) is 3.47. The highest BCUT2D eigenvalue weighted by Gasteiger charge is 2.31. The summed E-state index contributed by atoms with van der Waals surface area (Å²) in [6.45, 7) is 2.43. The molecule has 0 radical (unpaired) electrons. The first kappa shape index (κ1) is 21.0. The summed E-state index contributed by atoms with van der Waals surface area (Å²) in [6.07, 6.45) is 7.93. The van der Waals surface area contributed by atoms with Gasteiger partial charge < -0.3 is 14.1 Å². The molecule has 2 fully saturated rings. The molecule has 2 aliphatic heterocycles. The van der Waals surface area contributed by atoms with E-state index < -0.39 is 10.0 Å². The molecule has 30 heavy (non-hydrogen) atoms. The monoisotopic (exact) mass is 433 g/mol. The summed E-state index contributed by atoms with van der Waals surface area (Å²) in [5, 5.41) is -0.175. The number of piperidine rings is 1. The first-order chi connectivity index (χ1) is 14.5. The summed E-state index contributed by atoms with van der Waals surface area (Å²) in [5.41, 5.74) is 0.886. The van der Waals surface area contributed by atoms with E-state index in [1.807, 2.05) is 12.1 Å². The Balaban J connectivity index is 1.53. The highest BCUT2D eigenvalue weighted by molar-refractivity contribution is 7.89. The van der Waals surface area contributed by atoms with Crippen LogP contribution in [0.15, 0.2) is 46.2 Å². The maximum Gasteiger partial charge on any atom is 0.290 e. The Morgan fingerprint density at radius 1 is 1.17 bits per heavy atom. The van der Waals surface area contributed by atoms with E-state index in [4.69, 9.17) is 9.15 Å². The second-order valence-corrected chi connectivity index (χ2v) is 9.63. The molecule has 2 aliphatic rings. The van der Waals surface area contributed by atoms with Crippen molar-refractivity contribution in [1.82, 2.24) is 14.2 Å². The fraction of sp³-hybridized carbons (Fsp3) is 0.524. The van der Waals surface area contributed by atoms with Gasteiger partial charge in [-0.15, -0.1) is 0 Å². The molecule has 1 atom stereocenters. The maximum absolute atomic E-state index is 13.2. The smallest absolute Gasteiger partial charge is 0.290 e. The fourth-order valence-electron chi connectivity index (χ4n) is 3.93. The first-order valence-corrected chi connectivity index (χ1v) is 11.9. The van der Waals surface area contributed by atoms with Crippen LogP contribution < -0.4 is 0 Å². The second-order valence-electron chi connectivity index (χ2n) is 7.77. The SMILES string of the molecule is O=C(c1ccc(S(=O)(=O)N2CCCCC2)o1)N(Cc1cccnc1)CC1CCCO1. The van der Waals surface area contributed by atoms with Gasteiger partial charge in [0.05, 0.1) is 6.10 Å². The quantitative estimate of drug-likeness (QED) is 0.667. The Labute approximate surface area is 176 Å². The molecule has 2 aromatic heterocycles. The van der Waals surface area contributed by atoms with Crippen LogP contribution in [0.25, 0.3) is 0 Å². The van der Waals surface area contributed by atoms with Gasteiger partial charge in [-0.25, -0.2) is 8.42 Å². The molecule has 4 heterocycles. The standard InChI is InChI=1S/C21H27N3O5S/c25-21(19-8-9-20(29-19)30(26,27)24-11-2-1-3-12-24)23(16-18-7-5-13-28-18)15-17-6-4-10-22-14-17/h4,6,8-10,14,18H,1-3,5,7,11-13,15-16H2. The molecule has 0 spiro atoms. The predicted molar refractivity (Wildman–Crippen MR) is 109 cm³/mol. The Morgan fingerprint density at radius 2 is 2.00 bits per heavy atom. The molecule has 0 saturated carbocycles. The van der Waals surface area contributed by atoms with E-state index in [-0.39, 0.29) is 22.9 Å². The van der Waals surface area contributed by atoms with Gasteiger partial charge in [-0.3, -0.25) is 9.78 Å². The number of carbonyl (C=O) groups excluding carboxylic acids is 1. The minimum Gasteiger partial charge on any atom is -0.438 e. The molecule has 0 bridgehead atoms. The number of pyridine rings is 1. The van der Waals surface area contributed by atoms with Crippen LogP contribution >= 0.6 is 0 Å². The number of hydrogen-bond donors (Lipinski definition) is 0. The molecule has 1 unspecified atom stereocenters. The van der Waals surface area contributed by atoms with Crippen molar-refractivity contribution in [3.05, 3.63) is 48.0 Å². The lowest BCUT2D eigenvalue weighted by Gasteiger charge is -2.25. The van der Waals surface area contributed by atoms with Crippen molar-refractivity contribution in [2.24, 2.45) is 0 Å². The van der Waals surface area contributed by atoms with Gasteiger partial charge in [0.2, 0.25) is 5.09 Å². The summed E-state index contributed by atoms with van der Waals surface area (Å²) in [6, 6.07) is 6.55. The van der Waals surface area contributed by atoms with Crippen LogP contribution in [-0.2, 0) is 21.3 Å². The number of nitrogens with zero attached hydrogens (tertiary/aromatic N) is 3. The summed E-state index contributed by atoms with van der Waals surface area (Å²) < 4.78 is 38.4. The van der Waals surface area contributed by atoms with Crippen LogP contribution in [0, 0.1) is 0 Å². The lowest BCUT2D eigenvalue weighted by atomic mass is 10.2. The van der Waals surface area contributed by atoms with Gasteiger partial charge in [0.1, 0.15) is 0 Å². The number of carbonyl (C=O) groups is 1. The van der Waals surface area contributed by atoms with E-state index in [0.717, 1.165) is 37.7 Å². The lowest BCUT2D eigenvalue weighted by molar-refractivity contribution is 0.0479. The summed E-state index contributed by atoms with van der Waals surface area (Å²) in [5.74, 6) is -0.332. The largest absolute Gasteiger partial charge is 0.438 e. The van der Waals surface area contributed by atoms with Gasteiger partial charge >= 0.3 is 0 Å². The number of amides is 1. The normalized spacial score (nSPS) is 20.3. The van der Waals surface area contributed by atoms with Gasteiger partial charge in [0.15, 0.2) is 5.76 Å². The Morgan fingerprint density at radius 3 is 2.70 bits per heavy atom. The molecular weight excluding hydrogens is 406 g/mol. The van der Waals surface area contributed by atoms with Crippen molar-refractivity contribution in [3.63, 3.8) is 0 Å². The molecule has 0 N–H and O–H groups in total. The molecule has 162 valence electrons. The number of aromatic nitrogens is 1. The number of sulfonamides is 1. The zero-order valence-corrected chi connectivity index (χ0v) is 17.7. The van der Waals surface area contributed by atoms with Crippen LogP contribution in [0.4, 0.5) is 0 Å². The predicted octanol–water partition coefficient (Wildman–Crippen LogP) is 2.67. The van der Waals surface area contributed by atoms with Gasteiger partial charge in [-0.2, -0.15) is 4.31 Å². The number of hydrogen-bond acceptors (Lipinski definition) is 6. The van der Waals surface area contributed by atoms with E-state index in [1.165, 1.54) is 16.4 Å². The molecule has 0 aliphatic carbocycles. The van der Waals surface area contributed by atoms with E-state index in [1.54, 1.807) is 17.3 Å². The zero-order chi connectivity index (χ0) is 21.0. The van der Waals surface area contributed by atoms with Crippen LogP contribution in [0.1, 0.15) is 48.2 Å². The van der Waals surface area contributed by atoms with Gasteiger partial charge in [-0.1, -0.05) is 12.5 Å². The molecule has 2 aromatic rings. The highest BCUT2D eigenvalue weighted by atomic mass is 32.2. The average molecular weight is 434 g/mol. The summed E-state index contributed by atoms with van der Waals surface area (Å²) in [4.78, 5) is 19.0. The Kier molecular flexibility index (Phi) is 6.50. The van der Waals surface area contributed by atoms with Crippen molar-refractivity contribution < 1.29 is 22.4 Å². The summed E-state index contributed by atoms with van der Waals surface area (Å²) >= 11 is 0. The molecule has 4 rings (SSSR count). The van der Waals surface area contributed by atoms with Gasteiger partial charge in [-0.05, 0) is 49.4 Å². The minimum atomic E-state index is -3.72. The van der Waals surface area contributed by atoms with Crippen LogP contribution in [0.2, 0.25) is 0 Å². The highest BCUT2D eigenvalue weighted by Crippen LogP contribution is 2.24. The molecular formula is C21H27N3O5S. The van der Waals surface area contributed by atoms with E-state index >= 15 is 0 Å². The van der Waals surface area contributed by atoms with Crippen molar-refractivity contribution in [3.8, 4) is 0 Å². The molecule has 2 saturated heterocycles. The Hall–Kier alpha value is -2.23. The third kappa shape index (κ3) is 4.74. The Bertz CT molecular complexity index is 948. The fourth-order valence-corrected chi connectivity index (χ4v) is 5.36. The third-order valence-corrected chi connectivity index (χ3v) is 7.31.